The van der Waals surface area contributed by atoms with Gasteiger partial charge >= 0.3 is 6.18 Å². The third-order valence-corrected chi connectivity index (χ3v) is 2.77. The molecule has 19 heavy (non-hydrogen) atoms. The molecular weight excluding hydrogens is 302 g/mol. The second-order valence-electron chi connectivity index (χ2n) is 3.92. The molecule has 0 spiro atoms. The van der Waals surface area contributed by atoms with Gasteiger partial charge in [-0.1, -0.05) is 23.7 Å². The molecule has 0 aliphatic rings. The number of carbonyl (C=O) groups is 1. The summed E-state index contributed by atoms with van der Waals surface area (Å²) in [6.45, 7) is -1.42. The van der Waals surface area contributed by atoms with Crippen LogP contribution in [0.5, 0.6) is 0 Å². The van der Waals surface area contributed by atoms with E-state index in [0.29, 0.717) is 15.5 Å². The Morgan fingerprint density at radius 2 is 1.79 bits per heavy atom. The van der Waals surface area contributed by atoms with Crippen molar-refractivity contribution < 1.29 is 18.0 Å². The maximum atomic E-state index is 12.3. The molecule has 0 atom stereocenters. The zero-order chi connectivity index (χ0) is 14.5. The zero-order valence-electron chi connectivity index (χ0n) is 9.88. The van der Waals surface area contributed by atoms with Gasteiger partial charge in [-0.15, -0.1) is 11.6 Å². The summed E-state index contributed by atoms with van der Waals surface area (Å²) >= 11 is 11.1. The lowest BCUT2D eigenvalue weighted by Gasteiger charge is -2.23. The number of carbonyl (C=O) groups excluding carboxylic acids is 1. The van der Waals surface area contributed by atoms with Gasteiger partial charge in [0.15, 0.2) is 0 Å². The van der Waals surface area contributed by atoms with Crippen LogP contribution in [0.3, 0.4) is 0 Å². The standard InChI is InChI=1S/C12H12Cl2F3NO/c13-5-6-18(8-12(15,16)17)11(19)7-9-1-3-10(14)4-2-9/h1-4H,5-8H2. The quantitative estimate of drug-likeness (QED) is 0.762. The third-order valence-electron chi connectivity index (χ3n) is 2.35. The number of nitrogens with zero attached hydrogens (tertiary/aromatic N) is 1. The highest BCUT2D eigenvalue weighted by atomic mass is 35.5. The summed E-state index contributed by atoms with van der Waals surface area (Å²) in [6.07, 6.45) is -4.54. The molecule has 0 saturated heterocycles. The van der Waals surface area contributed by atoms with Crippen LogP contribution in [0.15, 0.2) is 24.3 Å². The minimum Gasteiger partial charge on any atom is -0.332 e. The van der Waals surface area contributed by atoms with Gasteiger partial charge in [-0.2, -0.15) is 13.2 Å². The van der Waals surface area contributed by atoms with Crippen molar-refractivity contribution in [2.45, 2.75) is 12.6 Å². The Morgan fingerprint density at radius 1 is 1.21 bits per heavy atom. The van der Waals surface area contributed by atoms with Crippen molar-refractivity contribution in [3.63, 3.8) is 0 Å². The fourth-order valence-electron chi connectivity index (χ4n) is 1.50. The van der Waals surface area contributed by atoms with Crippen LogP contribution in [0.2, 0.25) is 5.02 Å². The van der Waals surface area contributed by atoms with Gasteiger partial charge in [-0.25, -0.2) is 0 Å². The normalized spacial score (nSPS) is 11.4. The topological polar surface area (TPSA) is 20.3 Å². The highest BCUT2D eigenvalue weighted by Gasteiger charge is 2.32. The molecule has 7 heteroatoms. The summed E-state index contributed by atoms with van der Waals surface area (Å²) in [4.78, 5) is 12.5. The predicted molar refractivity (Wildman–Crippen MR) is 68.5 cm³/mol. The van der Waals surface area contributed by atoms with E-state index >= 15 is 0 Å². The van der Waals surface area contributed by atoms with Crippen molar-refractivity contribution in [2.24, 2.45) is 0 Å². The lowest BCUT2D eigenvalue weighted by atomic mass is 10.1. The highest BCUT2D eigenvalue weighted by molar-refractivity contribution is 6.30. The maximum Gasteiger partial charge on any atom is 0.406 e. The smallest absolute Gasteiger partial charge is 0.332 e. The van der Waals surface area contributed by atoms with Gasteiger partial charge in [0.1, 0.15) is 6.54 Å². The Bertz CT molecular complexity index is 420. The Balaban J connectivity index is 2.68. The molecule has 0 heterocycles. The number of benzene rings is 1. The molecule has 106 valence electrons. The summed E-state index contributed by atoms with van der Waals surface area (Å²) in [5.41, 5.74) is 0.608. The predicted octanol–water partition coefficient (Wildman–Crippen LogP) is 3.51. The second-order valence-corrected chi connectivity index (χ2v) is 4.74. The number of halogens is 5. The van der Waals surface area contributed by atoms with Crippen LogP contribution < -0.4 is 0 Å². The largest absolute Gasteiger partial charge is 0.406 e. The van der Waals surface area contributed by atoms with Gasteiger partial charge in [-0.3, -0.25) is 4.79 Å². The first kappa shape index (κ1) is 16.1. The van der Waals surface area contributed by atoms with Crippen LogP contribution in [0.1, 0.15) is 5.56 Å². The van der Waals surface area contributed by atoms with E-state index in [1.165, 1.54) is 0 Å². The van der Waals surface area contributed by atoms with Gasteiger partial charge in [-0.05, 0) is 17.7 Å². The fraction of sp³-hybridized carbons (Fsp3) is 0.417. The highest BCUT2D eigenvalue weighted by Crippen LogP contribution is 2.18. The number of rotatable bonds is 5. The number of alkyl halides is 4. The monoisotopic (exact) mass is 313 g/mol. The number of hydrogen-bond donors (Lipinski definition) is 0. The molecule has 0 saturated carbocycles. The molecule has 1 aromatic carbocycles. The Kier molecular flexibility index (Phi) is 5.94. The number of hydrogen-bond acceptors (Lipinski definition) is 1. The molecule has 1 aromatic rings. The summed E-state index contributed by atoms with van der Waals surface area (Å²) < 4.78 is 37.0. The SMILES string of the molecule is O=C(Cc1ccc(Cl)cc1)N(CCCl)CC(F)(F)F. The van der Waals surface area contributed by atoms with Crippen LogP contribution >= 0.6 is 23.2 Å². The molecule has 0 unspecified atom stereocenters. The number of amides is 1. The Labute approximate surface area is 119 Å². The minimum absolute atomic E-state index is 0.0392. The Morgan fingerprint density at radius 3 is 2.26 bits per heavy atom. The molecule has 0 aliphatic heterocycles. The molecule has 1 amide bonds. The molecular formula is C12H12Cl2F3NO. The molecule has 0 aliphatic carbocycles. The molecule has 1 rings (SSSR count). The lowest BCUT2D eigenvalue weighted by Crippen LogP contribution is -2.40. The molecule has 0 N–H and O–H groups in total. The fourth-order valence-corrected chi connectivity index (χ4v) is 1.83. The van der Waals surface area contributed by atoms with Gasteiger partial charge < -0.3 is 4.90 Å². The summed E-state index contributed by atoms with van der Waals surface area (Å²) in [5.74, 6) is -0.650. The molecule has 0 fully saturated rings. The average Bonchev–Trinajstić information content (AvgIpc) is 2.30. The van der Waals surface area contributed by atoms with Gasteiger partial charge in [0.2, 0.25) is 5.91 Å². The van der Waals surface area contributed by atoms with Crippen molar-refractivity contribution in [2.75, 3.05) is 19.0 Å². The van der Waals surface area contributed by atoms with E-state index in [1.807, 2.05) is 0 Å². The van der Waals surface area contributed by atoms with Gasteiger partial charge in [0.25, 0.3) is 0 Å². The molecule has 0 aromatic heterocycles. The third kappa shape index (κ3) is 6.16. The zero-order valence-corrected chi connectivity index (χ0v) is 11.4. The van der Waals surface area contributed by atoms with E-state index in [0.717, 1.165) is 0 Å². The van der Waals surface area contributed by atoms with Gasteiger partial charge in [0.05, 0.1) is 6.42 Å². The van der Waals surface area contributed by atoms with E-state index in [2.05, 4.69) is 0 Å². The van der Waals surface area contributed by atoms with Gasteiger partial charge in [0, 0.05) is 17.4 Å². The lowest BCUT2D eigenvalue weighted by molar-refractivity contribution is -0.160. The average molecular weight is 314 g/mol. The van der Waals surface area contributed by atoms with Crippen molar-refractivity contribution in [1.82, 2.24) is 4.90 Å². The van der Waals surface area contributed by atoms with E-state index in [4.69, 9.17) is 23.2 Å². The molecule has 2 nitrogen and oxygen atoms in total. The summed E-state index contributed by atoms with van der Waals surface area (Å²) in [7, 11) is 0. The minimum atomic E-state index is -4.43. The first-order valence-electron chi connectivity index (χ1n) is 5.47. The van der Waals surface area contributed by atoms with Crippen LogP contribution in [0.25, 0.3) is 0 Å². The second kappa shape index (κ2) is 7.01. The van der Waals surface area contributed by atoms with E-state index in [-0.39, 0.29) is 18.8 Å². The van der Waals surface area contributed by atoms with Crippen molar-refractivity contribution in [1.29, 1.82) is 0 Å². The van der Waals surface area contributed by atoms with Crippen molar-refractivity contribution in [3.05, 3.63) is 34.9 Å². The molecule has 0 radical (unpaired) electrons. The summed E-state index contributed by atoms with van der Waals surface area (Å²) in [6, 6.07) is 6.37. The first-order valence-corrected chi connectivity index (χ1v) is 6.38. The van der Waals surface area contributed by atoms with Crippen LogP contribution in [0.4, 0.5) is 13.2 Å². The van der Waals surface area contributed by atoms with E-state index in [9.17, 15) is 18.0 Å². The van der Waals surface area contributed by atoms with Crippen molar-refractivity contribution in [3.8, 4) is 0 Å². The Hall–Kier alpha value is -0.940. The van der Waals surface area contributed by atoms with Crippen LogP contribution in [-0.4, -0.2) is 36.0 Å². The van der Waals surface area contributed by atoms with Crippen LogP contribution in [0, 0.1) is 0 Å². The molecule has 0 bridgehead atoms. The maximum absolute atomic E-state index is 12.3. The van der Waals surface area contributed by atoms with E-state index in [1.54, 1.807) is 24.3 Å². The first-order chi connectivity index (χ1) is 8.81. The van der Waals surface area contributed by atoms with E-state index < -0.39 is 18.6 Å². The van der Waals surface area contributed by atoms with Crippen molar-refractivity contribution >= 4 is 29.1 Å². The summed E-state index contributed by atoms with van der Waals surface area (Å²) in [5, 5.41) is 0.504. The van der Waals surface area contributed by atoms with Crippen LogP contribution in [-0.2, 0) is 11.2 Å².